The highest BCUT2D eigenvalue weighted by Gasteiger charge is 2.34. The van der Waals surface area contributed by atoms with Crippen LogP contribution in [0.4, 0.5) is 0 Å². The van der Waals surface area contributed by atoms with E-state index in [0.29, 0.717) is 0 Å². The Kier molecular flexibility index (Phi) is 4.13. The van der Waals surface area contributed by atoms with Gasteiger partial charge in [-0.1, -0.05) is 0 Å². The highest BCUT2D eigenvalue weighted by atomic mass is 32.2. The van der Waals surface area contributed by atoms with Gasteiger partial charge in [0.1, 0.15) is 0 Å². The zero-order valence-corrected chi connectivity index (χ0v) is 10.8. The van der Waals surface area contributed by atoms with E-state index in [1.54, 1.807) is 13.8 Å². The monoisotopic (exact) mass is 267 g/mol. The minimum Gasteiger partial charge on any atom is -0.480 e. The quantitative estimate of drug-likeness (QED) is 0.698. The summed E-state index contributed by atoms with van der Waals surface area (Å²) in [5.74, 6) is -2.12. The van der Waals surface area contributed by atoms with Gasteiger partial charge in [0.05, 0.1) is 12.7 Å². The van der Waals surface area contributed by atoms with E-state index in [4.69, 9.17) is 14.6 Å². The van der Waals surface area contributed by atoms with Crippen LogP contribution < -0.4 is 4.72 Å². The SMILES string of the molecule is CC(C(=O)O)S(=O)(=O)NCC1COC(C)(C)O1. The number of sulfonamides is 1. The molecule has 0 amide bonds. The van der Waals surface area contributed by atoms with E-state index < -0.39 is 33.1 Å². The predicted molar refractivity (Wildman–Crippen MR) is 58.9 cm³/mol. The Morgan fingerprint density at radius 1 is 1.59 bits per heavy atom. The van der Waals surface area contributed by atoms with Crippen molar-refractivity contribution in [2.45, 2.75) is 37.9 Å². The van der Waals surface area contributed by atoms with E-state index >= 15 is 0 Å². The zero-order chi connectivity index (χ0) is 13.3. The molecular formula is C9H17NO6S. The number of carbonyl (C=O) groups is 1. The average molecular weight is 267 g/mol. The third-order valence-corrected chi connectivity index (χ3v) is 4.09. The van der Waals surface area contributed by atoms with Gasteiger partial charge in [-0.25, -0.2) is 13.1 Å². The maximum Gasteiger partial charge on any atom is 0.323 e. The minimum atomic E-state index is -3.87. The molecule has 7 nitrogen and oxygen atoms in total. The van der Waals surface area contributed by atoms with E-state index in [-0.39, 0.29) is 13.2 Å². The first-order chi connectivity index (χ1) is 7.64. The average Bonchev–Trinajstić information content (AvgIpc) is 2.54. The number of carboxylic acids is 1. The van der Waals surface area contributed by atoms with Crippen molar-refractivity contribution in [2.24, 2.45) is 0 Å². The molecule has 0 bridgehead atoms. The molecule has 1 saturated heterocycles. The smallest absolute Gasteiger partial charge is 0.323 e. The maximum atomic E-state index is 11.5. The summed E-state index contributed by atoms with van der Waals surface area (Å²) in [7, 11) is -3.87. The first-order valence-electron chi connectivity index (χ1n) is 5.17. The summed E-state index contributed by atoms with van der Waals surface area (Å²) in [5, 5.41) is 7.13. The minimum absolute atomic E-state index is 0.00336. The number of hydrogen-bond acceptors (Lipinski definition) is 5. The Bertz CT molecular complexity index is 390. The van der Waals surface area contributed by atoms with Gasteiger partial charge < -0.3 is 14.6 Å². The van der Waals surface area contributed by atoms with Crippen LogP contribution in [-0.2, 0) is 24.3 Å². The molecule has 1 fully saturated rings. The Hall–Kier alpha value is -0.700. The summed E-state index contributed by atoms with van der Waals surface area (Å²) in [6.07, 6.45) is -0.402. The second-order valence-electron chi connectivity index (χ2n) is 4.32. The van der Waals surface area contributed by atoms with Crippen molar-refractivity contribution in [1.29, 1.82) is 0 Å². The van der Waals surface area contributed by atoms with Gasteiger partial charge in [-0.15, -0.1) is 0 Å². The van der Waals surface area contributed by atoms with E-state index in [1.165, 1.54) is 0 Å². The standard InChI is InChI=1S/C9H17NO6S/c1-6(8(11)12)17(13,14)10-4-7-5-15-9(2,3)16-7/h6-7,10H,4-5H2,1-3H3,(H,11,12). The summed E-state index contributed by atoms with van der Waals surface area (Å²) < 4.78 is 35.9. The van der Waals surface area contributed by atoms with Crippen LogP contribution in [0, 0.1) is 0 Å². The lowest BCUT2D eigenvalue weighted by Gasteiger charge is -2.17. The lowest BCUT2D eigenvalue weighted by atomic mass is 10.4. The molecule has 1 heterocycles. The summed E-state index contributed by atoms with van der Waals surface area (Å²) >= 11 is 0. The number of hydrogen-bond donors (Lipinski definition) is 2. The summed E-state index contributed by atoms with van der Waals surface area (Å²) in [5.41, 5.74) is 0. The fourth-order valence-electron chi connectivity index (χ4n) is 1.33. The van der Waals surface area contributed by atoms with Gasteiger partial charge in [-0.2, -0.15) is 0 Å². The lowest BCUT2D eigenvalue weighted by Crippen LogP contribution is -2.41. The highest BCUT2D eigenvalue weighted by molar-refractivity contribution is 7.90. The van der Waals surface area contributed by atoms with Crippen LogP contribution in [0.15, 0.2) is 0 Å². The number of carboxylic acid groups (broad SMARTS) is 1. The molecule has 1 aliphatic rings. The van der Waals surface area contributed by atoms with Gasteiger partial charge in [0.2, 0.25) is 10.0 Å². The van der Waals surface area contributed by atoms with Gasteiger partial charge in [-0.3, -0.25) is 4.79 Å². The molecule has 100 valence electrons. The summed E-state index contributed by atoms with van der Waals surface area (Å²) in [4.78, 5) is 10.6. The fraction of sp³-hybridized carbons (Fsp3) is 0.889. The Morgan fingerprint density at radius 3 is 2.59 bits per heavy atom. The van der Waals surface area contributed by atoms with Gasteiger partial charge in [0, 0.05) is 6.54 Å². The largest absolute Gasteiger partial charge is 0.480 e. The Labute approximate surface area is 100 Å². The van der Waals surface area contributed by atoms with E-state index in [2.05, 4.69) is 4.72 Å². The van der Waals surface area contributed by atoms with E-state index in [1.807, 2.05) is 0 Å². The maximum absolute atomic E-state index is 11.5. The van der Waals surface area contributed by atoms with Crippen molar-refractivity contribution in [2.75, 3.05) is 13.2 Å². The molecule has 0 aromatic heterocycles. The van der Waals surface area contributed by atoms with Crippen molar-refractivity contribution >= 4 is 16.0 Å². The molecule has 0 aromatic carbocycles. The molecular weight excluding hydrogens is 250 g/mol. The lowest BCUT2D eigenvalue weighted by molar-refractivity contribution is -0.138. The summed E-state index contributed by atoms with van der Waals surface area (Å²) in [6, 6.07) is 0. The predicted octanol–water partition coefficient (Wildman–Crippen LogP) is -0.470. The molecule has 0 saturated carbocycles. The molecule has 0 aliphatic carbocycles. The van der Waals surface area contributed by atoms with Crippen molar-refractivity contribution in [3.8, 4) is 0 Å². The molecule has 1 rings (SSSR count). The molecule has 17 heavy (non-hydrogen) atoms. The number of rotatable bonds is 5. The van der Waals surface area contributed by atoms with E-state index in [0.717, 1.165) is 6.92 Å². The van der Waals surface area contributed by atoms with Crippen molar-refractivity contribution in [3.63, 3.8) is 0 Å². The van der Waals surface area contributed by atoms with Crippen LogP contribution in [0.25, 0.3) is 0 Å². The highest BCUT2D eigenvalue weighted by Crippen LogP contribution is 2.21. The number of aliphatic carboxylic acids is 1. The Morgan fingerprint density at radius 2 is 2.18 bits per heavy atom. The van der Waals surface area contributed by atoms with Crippen LogP contribution in [0.2, 0.25) is 0 Å². The third kappa shape index (κ3) is 3.91. The molecule has 2 unspecified atom stereocenters. The topological polar surface area (TPSA) is 102 Å². The molecule has 8 heteroatoms. The molecule has 0 spiro atoms. The molecule has 0 aromatic rings. The van der Waals surface area contributed by atoms with Gasteiger partial charge in [0.25, 0.3) is 0 Å². The first-order valence-corrected chi connectivity index (χ1v) is 6.72. The van der Waals surface area contributed by atoms with Crippen LogP contribution in [0.3, 0.4) is 0 Å². The summed E-state index contributed by atoms with van der Waals surface area (Å²) in [6.45, 7) is 4.84. The second kappa shape index (κ2) is 4.89. The zero-order valence-electron chi connectivity index (χ0n) is 9.97. The molecule has 1 aliphatic heterocycles. The van der Waals surface area contributed by atoms with Crippen LogP contribution in [0.1, 0.15) is 20.8 Å². The second-order valence-corrected chi connectivity index (χ2v) is 6.41. The normalized spacial score (nSPS) is 25.7. The van der Waals surface area contributed by atoms with Crippen molar-refractivity contribution in [3.05, 3.63) is 0 Å². The van der Waals surface area contributed by atoms with Crippen molar-refractivity contribution < 1.29 is 27.8 Å². The number of ether oxygens (including phenoxy) is 2. The number of nitrogens with one attached hydrogen (secondary N) is 1. The molecule has 0 radical (unpaired) electrons. The molecule has 2 N–H and O–H groups in total. The van der Waals surface area contributed by atoms with E-state index in [9.17, 15) is 13.2 Å². The van der Waals surface area contributed by atoms with Crippen LogP contribution in [0.5, 0.6) is 0 Å². The van der Waals surface area contributed by atoms with Gasteiger partial charge in [0.15, 0.2) is 11.0 Å². The first kappa shape index (κ1) is 14.4. The Balaban J connectivity index is 2.49. The van der Waals surface area contributed by atoms with Gasteiger partial charge in [-0.05, 0) is 20.8 Å². The van der Waals surface area contributed by atoms with Crippen LogP contribution in [-0.4, -0.2) is 49.8 Å². The molecule has 2 atom stereocenters. The fourth-order valence-corrected chi connectivity index (χ4v) is 2.26. The third-order valence-electron chi connectivity index (χ3n) is 2.39. The van der Waals surface area contributed by atoms with Crippen molar-refractivity contribution in [1.82, 2.24) is 4.72 Å². The van der Waals surface area contributed by atoms with Crippen LogP contribution >= 0.6 is 0 Å². The van der Waals surface area contributed by atoms with Gasteiger partial charge >= 0.3 is 5.97 Å².